The van der Waals surface area contributed by atoms with Gasteiger partial charge in [0, 0.05) is 28.7 Å². The molecule has 0 aliphatic heterocycles. The molecule has 0 bridgehead atoms. The van der Waals surface area contributed by atoms with Crippen LogP contribution in [0, 0.1) is 13.8 Å². The predicted molar refractivity (Wildman–Crippen MR) is 72.9 cm³/mol. The molecule has 2 aromatic heterocycles. The van der Waals surface area contributed by atoms with Crippen LogP contribution in [0.15, 0.2) is 29.0 Å². The first-order chi connectivity index (χ1) is 8.74. The fraction of sp³-hybridized carbons (Fsp3) is 0.231. The Balaban J connectivity index is 1.80. The van der Waals surface area contributed by atoms with Gasteiger partial charge in [0.1, 0.15) is 5.52 Å². The van der Waals surface area contributed by atoms with E-state index in [0.717, 1.165) is 29.0 Å². The van der Waals surface area contributed by atoms with Gasteiger partial charge in [-0.2, -0.15) is 4.37 Å². The number of nitrogens with zero attached hydrogens (tertiary/aromatic N) is 2. The van der Waals surface area contributed by atoms with Gasteiger partial charge < -0.3 is 9.73 Å². The number of oxazole rings is 1. The molecule has 0 aliphatic rings. The molecule has 92 valence electrons. The zero-order valence-corrected chi connectivity index (χ0v) is 11.0. The molecule has 5 heteroatoms. The second kappa shape index (κ2) is 4.42. The van der Waals surface area contributed by atoms with E-state index in [2.05, 4.69) is 21.6 Å². The molecule has 2 heterocycles. The highest BCUT2D eigenvalue weighted by atomic mass is 32.1. The maximum Gasteiger partial charge on any atom is 0.181 e. The van der Waals surface area contributed by atoms with Crippen molar-refractivity contribution in [2.24, 2.45) is 0 Å². The van der Waals surface area contributed by atoms with Gasteiger partial charge in [-0.05, 0) is 37.5 Å². The Hall–Kier alpha value is -1.88. The fourth-order valence-electron chi connectivity index (χ4n) is 1.91. The van der Waals surface area contributed by atoms with Crippen LogP contribution < -0.4 is 5.32 Å². The van der Waals surface area contributed by atoms with Crippen LogP contribution in [0.1, 0.15) is 16.1 Å². The lowest BCUT2D eigenvalue weighted by atomic mass is 10.2. The van der Waals surface area contributed by atoms with Crippen LogP contribution in [0.25, 0.3) is 11.1 Å². The number of nitrogens with one attached hydrogen (secondary N) is 1. The lowest BCUT2D eigenvalue weighted by molar-refractivity contribution is 0.602. The number of aromatic nitrogens is 2. The molecular formula is C13H13N3OS. The van der Waals surface area contributed by atoms with Gasteiger partial charge >= 0.3 is 0 Å². The third-order valence-corrected chi connectivity index (χ3v) is 3.87. The molecule has 0 saturated carbocycles. The third kappa shape index (κ3) is 1.97. The van der Waals surface area contributed by atoms with Crippen molar-refractivity contribution in [2.75, 3.05) is 5.32 Å². The summed E-state index contributed by atoms with van der Waals surface area (Å²) in [6.45, 7) is 4.93. The zero-order valence-electron chi connectivity index (χ0n) is 10.2. The molecule has 3 aromatic rings. The Bertz CT molecular complexity index is 667. The lowest BCUT2D eigenvalue weighted by Crippen LogP contribution is -2.01. The summed E-state index contributed by atoms with van der Waals surface area (Å²) < 4.78 is 9.62. The van der Waals surface area contributed by atoms with Crippen LogP contribution in [0.2, 0.25) is 0 Å². The quantitative estimate of drug-likeness (QED) is 0.782. The van der Waals surface area contributed by atoms with Crippen LogP contribution in [0.3, 0.4) is 0 Å². The maximum absolute atomic E-state index is 5.28. The standard InChI is InChI=1S/C13H13N3OS/c1-8-11(9(2)18-16-8)6-14-10-3-4-12-13(5-10)17-7-15-12/h3-5,7,14H,6H2,1-2H3. The number of fused-ring (bicyclic) bond motifs is 1. The third-order valence-electron chi connectivity index (χ3n) is 2.98. The molecule has 0 radical (unpaired) electrons. The summed E-state index contributed by atoms with van der Waals surface area (Å²) >= 11 is 1.55. The van der Waals surface area contributed by atoms with E-state index in [1.807, 2.05) is 25.1 Å². The number of hydrogen-bond donors (Lipinski definition) is 1. The molecule has 0 saturated heterocycles. The van der Waals surface area contributed by atoms with Crippen molar-refractivity contribution in [3.63, 3.8) is 0 Å². The first-order valence-corrected chi connectivity index (χ1v) is 6.50. The van der Waals surface area contributed by atoms with Crippen LogP contribution in [0.4, 0.5) is 5.69 Å². The van der Waals surface area contributed by atoms with Crippen LogP contribution >= 0.6 is 11.5 Å². The molecule has 4 nitrogen and oxygen atoms in total. The highest BCUT2D eigenvalue weighted by molar-refractivity contribution is 7.05. The summed E-state index contributed by atoms with van der Waals surface area (Å²) in [7, 11) is 0. The monoisotopic (exact) mass is 259 g/mol. The Morgan fingerprint density at radius 1 is 1.33 bits per heavy atom. The van der Waals surface area contributed by atoms with E-state index < -0.39 is 0 Å². The molecule has 1 aromatic carbocycles. The molecule has 18 heavy (non-hydrogen) atoms. The molecule has 0 spiro atoms. The van der Waals surface area contributed by atoms with Crippen molar-refractivity contribution in [3.8, 4) is 0 Å². The van der Waals surface area contributed by atoms with Gasteiger partial charge in [0.05, 0.1) is 5.69 Å². The average molecular weight is 259 g/mol. The van der Waals surface area contributed by atoms with Crippen molar-refractivity contribution < 1.29 is 4.42 Å². The first-order valence-electron chi connectivity index (χ1n) is 5.73. The zero-order chi connectivity index (χ0) is 12.5. The van der Waals surface area contributed by atoms with Gasteiger partial charge in [-0.15, -0.1) is 0 Å². The van der Waals surface area contributed by atoms with Crippen molar-refractivity contribution in [1.82, 2.24) is 9.36 Å². The second-order valence-electron chi connectivity index (χ2n) is 4.19. The lowest BCUT2D eigenvalue weighted by Gasteiger charge is -2.06. The summed E-state index contributed by atoms with van der Waals surface area (Å²) in [5.74, 6) is 0. The van der Waals surface area contributed by atoms with Crippen molar-refractivity contribution in [3.05, 3.63) is 40.7 Å². The van der Waals surface area contributed by atoms with Crippen molar-refractivity contribution in [1.29, 1.82) is 0 Å². The van der Waals surface area contributed by atoms with Gasteiger partial charge in [0.25, 0.3) is 0 Å². The summed E-state index contributed by atoms with van der Waals surface area (Å²) in [6, 6.07) is 5.93. The minimum Gasteiger partial charge on any atom is -0.443 e. The van der Waals surface area contributed by atoms with E-state index in [9.17, 15) is 0 Å². The smallest absolute Gasteiger partial charge is 0.181 e. The molecular weight excluding hydrogens is 246 g/mol. The normalized spacial score (nSPS) is 11.0. The number of anilines is 1. The van der Waals surface area contributed by atoms with E-state index >= 15 is 0 Å². The fourth-order valence-corrected chi connectivity index (χ4v) is 2.62. The van der Waals surface area contributed by atoms with Gasteiger partial charge in [-0.25, -0.2) is 4.98 Å². The molecule has 0 atom stereocenters. The van der Waals surface area contributed by atoms with Crippen molar-refractivity contribution >= 4 is 28.3 Å². The molecule has 1 N–H and O–H groups in total. The Kier molecular flexibility index (Phi) is 2.76. The van der Waals surface area contributed by atoms with E-state index in [1.54, 1.807) is 11.5 Å². The minimum atomic E-state index is 0.786. The van der Waals surface area contributed by atoms with Gasteiger partial charge in [0.15, 0.2) is 12.0 Å². The Morgan fingerprint density at radius 3 is 3.00 bits per heavy atom. The summed E-state index contributed by atoms with van der Waals surface area (Å²) in [4.78, 5) is 5.36. The van der Waals surface area contributed by atoms with E-state index in [4.69, 9.17) is 4.42 Å². The molecule has 0 amide bonds. The number of benzene rings is 1. The molecule has 3 rings (SSSR count). The number of hydrogen-bond acceptors (Lipinski definition) is 5. The SMILES string of the molecule is Cc1nsc(C)c1CNc1ccc2ncoc2c1. The van der Waals surface area contributed by atoms with Gasteiger partial charge in [0.2, 0.25) is 0 Å². The molecule has 0 unspecified atom stereocenters. The van der Waals surface area contributed by atoms with Gasteiger partial charge in [-0.3, -0.25) is 0 Å². The van der Waals surface area contributed by atoms with Crippen LogP contribution in [0.5, 0.6) is 0 Å². The molecule has 0 fully saturated rings. The Morgan fingerprint density at radius 2 is 2.22 bits per heavy atom. The largest absolute Gasteiger partial charge is 0.443 e. The van der Waals surface area contributed by atoms with Crippen LogP contribution in [-0.4, -0.2) is 9.36 Å². The Labute approximate surface area is 109 Å². The van der Waals surface area contributed by atoms with Crippen LogP contribution in [-0.2, 0) is 6.54 Å². The van der Waals surface area contributed by atoms with E-state index in [-0.39, 0.29) is 0 Å². The summed E-state index contributed by atoms with van der Waals surface area (Å²) in [6.07, 6.45) is 1.46. The van der Waals surface area contributed by atoms with Crippen molar-refractivity contribution in [2.45, 2.75) is 20.4 Å². The maximum atomic E-state index is 5.28. The summed E-state index contributed by atoms with van der Waals surface area (Å²) in [5, 5.41) is 3.39. The topological polar surface area (TPSA) is 51.0 Å². The van der Waals surface area contributed by atoms with Gasteiger partial charge in [-0.1, -0.05) is 0 Å². The first kappa shape index (κ1) is 11.2. The number of rotatable bonds is 3. The number of aryl methyl sites for hydroxylation is 2. The highest BCUT2D eigenvalue weighted by Crippen LogP contribution is 2.21. The van der Waals surface area contributed by atoms with E-state index in [0.29, 0.717) is 0 Å². The molecule has 0 aliphatic carbocycles. The predicted octanol–water partition coefficient (Wildman–Crippen LogP) is 3.51. The summed E-state index contributed by atoms with van der Waals surface area (Å²) in [5.41, 5.74) is 5.09. The highest BCUT2D eigenvalue weighted by Gasteiger charge is 2.07. The minimum absolute atomic E-state index is 0.786. The average Bonchev–Trinajstić information content (AvgIpc) is 2.94. The second-order valence-corrected chi connectivity index (χ2v) is 5.17. The van der Waals surface area contributed by atoms with E-state index in [1.165, 1.54) is 16.8 Å².